The third-order valence-corrected chi connectivity index (χ3v) is 6.46. The molecule has 0 bridgehead atoms. The van der Waals surface area contributed by atoms with Crippen LogP contribution in [0.4, 0.5) is 17.1 Å². The number of anilines is 3. The third kappa shape index (κ3) is 3.80. The molecule has 1 aliphatic carbocycles. The lowest BCUT2D eigenvalue weighted by Gasteiger charge is -2.36. The molecule has 5 rings (SSSR count). The molecule has 2 aliphatic rings. The van der Waals surface area contributed by atoms with Gasteiger partial charge in [-0.05, 0) is 48.4 Å². The summed E-state index contributed by atoms with van der Waals surface area (Å²) in [6.45, 7) is 0. The number of allylic oxidation sites excluding steroid dienone is 1. The number of amides is 1. The highest BCUT2D eigenvalue weighted by atomic mass is 16.2. The van der Waals surface area contributed by atoms with Crippen LogP contribution in [0.3, 0.4) is 0 Å². The van der Waals surface area contributed by atoms with Crippen LogP contribution in [0.2, 0.25) is 0 Å². The summed E-state index contributed by atoms with van der Waals surface area (Å²) in [5.74, 6) is -0.421. The molecular formula is C28H27N3O2. The van der Waals surface area contributed by atoms with Crippen molar-refractivity contribution in [1.29, 1.82) is 0 Å². The van der Waals surface area contributed by atoms with Crippen molar-refractivity contribution in [1.82, 2.24) is 0 Å². The number of fused-ring (bicyclic) bond motifs is 2. The Kier molecular flexibility index (Phi) is 5.47. The second-order valence-electron chi connectivity index (χ2n) is 8.76. The zero-order chi connectivity index (χ0) is 22.9. The van der Waals surface area contributed by atoms with Gasteiger partial charge in [0.1, 0.15) is 5.78 Å². The SMILES string of the molecule is CN(C)c1ccc([C@H]2[C@@H]3C(=O)CCC=C3Nc3ccccc3N2C(=O)c2ccccc2)cc1. The minimum atomic E-state index is -0.455. The Labute approximate surface area is 194 Å². The number of Topliss-reactive ketones (excluding diaryl/α,β-unsaturated/α-hetero) is 1. The maximum atomic E-state index is 14.0. The van der Waals surface area contributed by atoms with Gasteiger partial charge in [0.25, 0.3) is 5.91 Å². The predicted molar refractivity (Wildman–Crippen MR) is 133 cm³/mol. The van der Waals surface area contributed by atoms with Gasteiger partial charge in [-0.25, -0.2) is 0 Å². The number of para-hydroxylation sites is 2. The molecule has 0 spiro atoms. The molecule has 1 heterocycles. The molecule has 5 heteroatoms. The van der Waals surface area contributed by atoms with E-state index in [2.05, 4.69) is 11.4 Å². The Morgan fingerprint density at radius 2 is 1.64 bits per heavy atom. The van der Waals surface area contributed by atoms with Crippen molar-refractivity contribution in [2.45, 2.75) is 18.9 Å². The lowest BCUT2D eigenvalue weighted by atomic mass is 9.81. The molecular weight excluding hydrogens is 410 g/mol. The Bertz CT molecular complexity index is 1220. The van der Waals surface area contributed by atoms with Crippen molar-refractivity contribution < 1.29 is 9.59 Å². The summed E-state index contributed by atoms with van der Waals surface area (Å²) >= 11 is 0. The number of carbonyl (C=O) groups is 2. The fourth-order valence-electron chi connectivity index (χ4n) is 4.81. The number of nitrogens with zero attached hydrogens (tertiary/aromatic N) is 2. The van der Waals surface area contributed by atoms with Crippen LogP contribution in [-0.2, 0) is 4.79 Å². The van der Waals surface area contributed by atoms with E-state index in [1.54, 1.807) is 0 Å². The van der Waals surface area contributed by atoms with Crippen LogP contribution in [0.25, 0.3) is 0 Å². The Hall–Kier alpha value is -3.86. The maximum absolute atomic E-state index is 14.0. The first-order chi connectivity index (χ1) is 16.0. The number of benzene rings is 3. The lowest BCUT2D eigenvalue weighted by molar-refractivity contribution is -0.122. The highest BCUT2D eigenvalue weighted by Gasteiger charge is 2.43. The average molecular weight is 438 g/mol. The molecule has 166 valence electrons. The van der Waals surface area contributed by atoms with Crippen LogP contribution in [-0.4, -0.2) is 25.8 Å². The smallest absolute Gasteiger partial charge is 0.258 e. The molecule has 0 saturated heterocycles. The monoisotopic (exact) mass is 437 g/mol. The summed E-state index contributed by atoms with van der Waals surface area (Å²) in [4.78, 5) is 31.2. The first-order valence-electron chi connectivity index (χ1n) is 11.3. The highest BCUT2D eigenvalue weighted by molar-refractivity contribution is 6.09. The van der Waals surface area contributed by atoms with Gasteiger partial charge in [0.15, 0.2) is 0 Å². The summed E-state index contributed by atoms with van der Waals surface area (Å²) in [5.41, 5.74) is 5.09. The van der Waals surface area contributed by atoms with Gasteiger partial charge in [-0.1, -0.05) is 48.5 Å². The van der Waals surface area contributed by atoms with Crippen molar-refractivity contribution in [3.63, 3.8) is 0 Å². The normalized spacial score (nSPS) is 19.5. The second-order valence-corrected chi connectivity index (χ2v) is 8.76. The zero-order valence-electron chi connectivity index (χ0n) is 18.9. The highest BCUT2D eigenvalue weighted by Crippen LogP contribution is 2.46. The van der Waals surface area contributed by atoms with E-state index in [-0.39, 0.29) is 11.7 Å². The Morgan fingerprint density at radius 3 is 2.36 bits per heavy atom. The summed E-state index contributed by atoms with van der Waals surface area (Å²) < 4.78 is 0. The molecule has 0 saturated carbocycles. The maximum Gasteiger partial charge on any atom is 0.258 e. The van der Waals surface area contributed by atoms with E-state index in [1.807, 2.05) is 103 Å². The first-order valence-corrected chi connectivity index (χ1v) is 11.3. The van der Waals surface area contributed by atoms with Crippen molar-refractivity contribution in [2.75, 3.05) is 29.2 Å². The van der Waals surface area contributed by atoms with Crippen molar-refractivity contribution >= 4 is 28.8 Å². The van der Waals surface area contributed by atoms with E-state index in [0.29, 0.717) is 18.4 Å². The molecule has 0 fully saturated rings. The van der Waals surface area contributed by atoms with E-state index in [1.165, 1.54) is 0 Å². The van der Waals surface area contributed by atoms with Gasteiger partial charge in [-0.15, -0.1) is 0 Å². The van der Waals surface area contributed by atoms with Gasteiger partial charge in [0.2, 0.25) is 0 Å². The molecule has 1 amide bonds. The number of ketones is 1. The number of hydrogen-bond acceptors (Lipinski definition) is 4. The molecule has 0 unspecified atom stereocenters. The van der Waals surface area contributed by atoms with Crippen LogP contribution in [0, 0.1) is 5.92 Å². The van der Waals surface area contributed by atoms with Gasteiger partial charge in [-0.2, -0.15) is 0 Å². The number of carbonyl (C=O) groups excluding carboxylic acids is 2. The van der Waals surface area contributed by atoms with Crippen LogP contribution >= 0.6 is 0 Å². The summed E-state index contributed by atoms with van der Waals surface area (Å²) in [7, 11) is 4.00. The van der Waals surface area contributed by atoms with Gasteiger partial charge in [-0.3, -0.25) is 14.5 Å². The van der Waals surface area contributed by atoms with E-state index >= 15 is 0 Å². The topological polar surface area (TPSA) is 52.7 Å². The summed E-state index contributed by atoms with van der Waals surface area (Å²) in [5, 5.41) is 3.50. The van der Waals surface area contributed by atoms with Gasteiger partial charge in [0.05, 0.1) is 23.3 Å². The van der Waals surface area contributed by atoms with Crippen molar-refractivity contribution in [2.24, 2.45) is 5.92 Å². The number of rotatable bonds is 3. The van der Waals surface area contributed by atoms with E-state index in [4.69, 9.17) is 0 Å². The fourth-order valence-corrected chi connectivity index (χ4v) is 4.81. The lowest BCUT2D eigenvalue weighted by Crippen LogP contribution is -2.42. The van der Waals surface area contributed by atoms with Crippen LogP contribution in [0.1, 0.15) is 34.8 Å². The average Bonchev–Trinajstić information content (AvgIpc) is 2.99. The number of hydrogen-bond donors (Lipinski definition) is 1. The largest absolute Gasteiger partial charge is 0.378 e. The van der Waals surface area contributed by atoms with Crippen molar-refractivity contribution in [3.05, 3.63) is 102 Å². The molecule has 3 aromatic rings. The fraction of sp³-hybridized carbons (Fsp3) is 0.214. The minimum Gasteiger partial charge on any atom is -0.378 e. The molecule has 0 aromatic heterocycles. The molecule has 1 aliphatic heterocycles. The molecule has 3 aromatic carbocycles. The molecule has 33 heavy (non-hydrogen) atoms. The van der Waals surface area contributed by atoms with Gasteiger partial charge >= 0.3 is 0 Å². The van der Waals surface area contributed by atoms with E-state index in [0.717, 1.165) is 28.3 Å². The van der Waals surface area contributed by atoms with Crippen LogP contribution in [0.15, 0.2) is 90.6 Å². The van der Waals surface area contributed by atoms with E-state index < -0.39 is 12.0 Å². The van der Waals surface area contributed by atoms with Crippen LogP contribution < -0.4 is 15.1 Å². The molecule has 0 radical (unpaired) electrons. The minimum absolute atomic E-state index is 0.119. The molecule has 2 atom stereocenters. The van der Waals surface area contributed by atoms with Crippen molar-refractivity contribution in [3.8, 4) is 0 Å². The summed E-state index contributed by atoms with van der Waals surface area (Å²) in [6.07, 6.45) is 3.30. The van der Waals surface area contributed by atoms with Gasteiger partial charge in [0, 0.05) is 37.5 Å². The standard InChI is InChI=1S/C28H27N3O2/c1-30(2)21-17-15-19(16-18-21)27-26-23(12-8-14-25(26)32)29-22-11-6-7-13-24(22)31(27)28(33)20-9-4-3-5-10-20/h3-7,9-13,15-18,26-27,29H,8,14H2,1-2H3/t26-,27-/m0/s1. The predicted octanol–water partition coefficient (Wildman–Crippen LogP) is 5.43. The van der Waals surface area contributed by atoms with Gasteiger partial charge < -0.3 is 10.2 Å². The second kappa shape index (κ2) is 8.58. The third-order valence-electron chi connectivity index (χ3n) is 6.46. The summed E-state index contributed by atoms with van der Waals surface area (Å²) in [6, 6.07) is 24.8. The van der Waals surface area contributed by atoms with Crippen LogP contribution in [0.5, 0.6) is 0 Å². The molecule has 1 N–H and O–H groups in total. The molecule has 5 nitrogen and oxygen atoms in total. The Balaban J connectivity index is 1.74. The first kappa shape index (κ1) is 21.0. The number of nitrogens with one attached hydrogen (secondary N) is 1. The Morgan fingerprint density at radius 1 is 0.939 bits per heavy atom. The zero-order valence-corrected chi connectivity index (χ0v) is 18.9. The van der Waals surface area contributed by atoms with E-state index in [9.17, 15) is 9.59 Å². The quantitative estimate of drug-likeness (QED) is 0.594.